The van der Waals surface area contributed by atoms with Crippen molar-refractivity contribution in [1.82, 2.24) is 19.7 Å². The number of ether oxygens (including phenoxy) is 1. The molecule has 1 atom stereocenters. The lowest BCUT2D eigenvalue weighted by Gasteiger charge is -2.56. The molecule has 1 fully saturated rings. The molecule has 3 amide bonds. The Bertz CT molecular complexity index is 1010. The van der Waals surface area contributed by atoms with Gasteiger partial charge in [0.25, 0.3) is 0 Å². The summed E-state index contributed by atoms with van der Waals surface area (Å²) in [5.41, 5.74) is 2.75. The molecule has 1 spiro atoms. The number of hydrogen-bond donors (Lipinski definition) is 2. The van der Waals surface area contributed by atoms with Crippen molar-refractivity contribution in [2.45, 2.75) is 38.1 Å². The molecule has 31 heavy (non-hydrogen) atoms. The first-order chi connectivity index (χ1) is 14.9. The number of amides is 3. The van der Waals surface area contributed by atoms with Crippen molar-refractivity contribution in [3.8, 4) is 5.75 Å². The third-order valence-corrected chi connectivity index (χ3v) is 6.74. The van der Waals surface area contributed by atoms with E-state index in [-0.39, 0.29) is 24.0 Å². The lowest BCUT2D eigenvalue weighted by Crippen LogP contribution is -2.69. The topological polar surface area (TPSA) is 87.0 Å². The molecule has 8 heteroatoms. The van der Waals surface area contributed by atoms with Crippen LogP contribution in [0.3, 0.4) is 0 Å². The Morgan fingerprint density at radius 1 is 1.26 bits per heavy atom. The van der Waals surface area contributed by atoms with Crippen LogP contribution in [0.15, 0.2) is 18.2 Å². The number of aromatic nitrogens is 1. The van der Waals surface area contributed by atoms with Gasteiger partial charge in [-0.2, -0.15) is 0 Å². The van der Waals surface area contributed by atoms with Crippen molar-refractivity contribution in [1.29, 1.82) is 0 Å². The Morgan fingerprint density at radius 3 is 2.61 bits per heavy atom. The fourth-order valence-electron chi connectivity index (χ4n) is 5.25. The van der Waals surface area contributed by atoms with Gasteiger partial charge in [-0.05, 0) is 24.1 Å². The maximum atomic E-state index is 12.9. The van der Waals surface area contributed by atoms with Gasteiger partial charge >= 0.3 is 6.03 Å². The summed E-state index contributed by atoms with van der Waals surface area (Å²) in [5.74, 6) is 0.775. The molecule has 0 unspecified atom stereocenters. The second kappa shape index (κ2) is 8.07. The molecule has 0 bridgehead atoms. The van der Waals surface area contributed by atoms with Gasteiger partial charge in [-0.3, -0.25) is 4.79 Å². The number of hydrogen-bond acceptors (Lipinski definition) is 4. The van der Waals surface area contributed by atoms with Gasteiger partial charge < -0.3 is 29.5 Å². The molecule has 1 aromatic heterocycles. The molecule has 8 nitrogen and oxygen atoms in total. The number of aryl methyl sites for hydroxylation is 1. The molecular weight excluding hydrogens is 396 g/mol. The first-order valence-electron chi connectivity index (χ1n) is 11.0. The minimum Gasteiger partial charge on any atom is -0.497 e. The second-order valence-corrected chi connectivity index (χ2v) is 8.64. The molecule has 1 aromatic carbocycles. The van der Waals surface area contributed by atoms with Crippen LogP contribution in [0, 0.1) is 0 Å². The van der Waals surface area contributed by atoms with Crippen molar-refractivity contribution < 1.29 is 19.4 Å². The molecule has 2 aliphatic rings. The lowest BCUT2D eigenvalue weighted by molar-refractivity contribution is -0.138. The van der Waals surface area contributed by atoms with Crippen molar-refractivity contribution in [2.24, 2.45) is 7.05 Å². The highest BCUT2D eigenvalue weighted by Gasteiger charge is 2.55. The van der Waals surface area contributed by atoms with Gasteiger partial charge in [0.1, 0.15) is 5.75 Å². The van der Waals surface area contributed by atoms with Gasteiger partial charge in [-0.25, -0.2) is 4.79 Å². The number of carbonyl (C=O) groups excluding carboxylic acids is 2. The van der Waals surface area contributed by atoms with E-state index >= 15 is 0 Å². The summed E-state index contributed by atoms with van der Waals surface area (Å²) < 4.78 is 7.50. The highest BCUT2D eigenvalue weighted by Crippen LogP contribution is 2.49. The molecule has 0 radical (unpaired) electrons. The van der Waals surface area contributed by atoms with Gasteiger partial charge in [0.05, 0.1) is 30.7 Å². The van der Waals surface area contributed by atoms with Crippen molar-refractivity contribution in [3.63, 3.8) is 0 Å². The fourth-order valence-corrected chi connectivity index (χ4v) is 5.25. The van der Waals surface area contributed by atoms with E-state index < -0.39 is 6.04 Å². The number of benzene rings is 1. The Morgan fingerprint density at radius 2 is 2.00 bits per heavy atom. The van der Waals surface area contributed by atoms with Crippen molar-refractivity contribution in [3.05, 3.63) is 29.5 Å². The van der Waals surface area contributed by atoms with Crippen LogP contribution in [-0.2, 0) is 17.3 Å². The summed E-state index contributed by atoms with van der Waals surface area (Å²) in [6, 6.07) is 5.53. The number of aliphatic hydroxyl groups excluding tert-OH is 1. The summed E-state index contributed by atoms with van der Waals surface area (Å²) in [5, 5.41) is 14.3. The minimum atomic E-state index is -0.403. The van der Waals surface area contributed by atoms with E-state index in [0.29, 0.717) is 32.6 Å². The van der Waals surface area contributed by atoms with Gasteiger partial charge in [-0.15, -0.1) is 0 Å². The van der Waals surface area contributed by atoms with E-state index in [2.05, 4.69) is 16.0 Å². The molecule has 0 aliphatic carbocycles. The van der Waals surface area contributed by atoms with Gasteiger partial charge in [0, 0.05) is 56.8 Å². The number of urea groups is 1. The Labute approximate surface area is 182 Å². The first-order valence-corrected chi connectivity index (χ1v) is 11.0. The van der Waals surface area contributed by atoms with Crippen molar-refractivity contribution >= 4 is 22.8 Å². The number of aliphatic hydroxyl groups is 1. The summed E-state index contributed by atoms with van der Waals surface area (Å²) in [4.78, 5) is 29.0. The number of likely N-dealkylation sites (tertiary alicyclic amines) is 1. The molecule has 2 N–H and O–H groups in total. The number of nitrogens with one attached hydrogen (secondary N) is 1. The van der Waals surface area contributed by atoms with Crippen LogP contribution in [0.4, 0.5) is 4.79 Å². The van der Waals surface area contributed by atoms with Crippen LogP contribution in [0.5, 0.6) is 5.75 Å². The lowest BCUT2D eigenvalue weighted by atomic mass is 9.68. The summed E-state index contributed by atoms with van der Waals surface area (Å²) in [6.45, 7) is 5.97. The largest absolute Gasteiger partial charge is 0.497 e. The average molecular weight is 429 g/mol. The third kappa shape index (κ3) is 3.24. The van der Waals surface area contributed by atoms with E-state index in [1.54, 1.807) is 12.0 Å². The molecule has 2 aliphatic heterocycles. The molecule has 2 aromatic rings. The van der Waals surface area contributed by atoms with Gasteiger partial charge in [0.2, 0.25) is 5.91 Å². The maximum absolute atomic E-state index is 12.9. The maximum Gasteiger partial charge on any atom is 0.317 e. The molecule has 3 heterocycles. The quantitative estimate of drug-likeness (QED) is 0.764. The zero-order valence-electron chi connectivity index (χ0n) is 18.8. The molecule has 1 saturated heterocycles. The first kappa shape index (κ1) is 21.5. The predicted octanol–water partition coefficient (Wildman–Crippen LogP) is 2.15. The SMILES string of the molecule is CCCNC(=O)N1CC2(C1)CN(C(=O)CC)[C@@H](CO)c1c2c2ccc(OC)cc2n1C. The smallest absolute Gasteiger partial charge is 0.317 e. The molecule has 4 rings (SSSR count). The molecular formula is C23H32N4O4. The monoisotopic (exact) mass is 428 g/mol. The Balaban J connectivity index is 1.83. The zero-order valence-corrected chi connectivity index (χ0v) is 18.8. The number of rotatable bonds is 5. The highest BCUT2D eigenvalue weighted by atomic mass is 16.5. The van der Waals surface area contributed by atoms with Crippen LogP contribution in [0.2, 0.25) is 0 Å². The average Bonchev–Trinajstić information content (AvgIpc) is 3.06. The standard InChI is InChI=1S/C23H32N4O4/c1-5-9-24-22(30)26-12-23(13-26)14-27(19(29)6-2)18(11-28)21-20(23)16-8-7-15(31-4)10-17(16)25(21)3/h7-8,10,18,28H,5-6,9,11-14H2,1-4H3,(H,24,30)/t18-/m0/s1. The summed E-state index contributed by atoms with van der Waals surface area (Å²) in [6.07, 6.45) is 1.26. The summed E-state index contributed by atoms with van der Waals surface area (Å²) >= 11 is 0. The summed E-state index contributed by atoms with van der Waals surface area (Å²) in [7, 11) is 3.61. The Kier molecular flexibility index (Phi) is 5.60. The highest BCUT2D eigenvalue weighted by molar-refractivity contribution is 5.90. The second-order valence-electron chi connectivity index (χ2n) is 8.64. The molecule has 0 saturated carbocycles. The number of carbonyl (C=O) groups is 2. The van der Waals surface area contributed by atoms with Crippen LogP contribution in [-0.4, -0.2) is 71.3 Å². The van der Waals surface area contributed by atoms with E-state index in [1.807, 2.05) is 37.9 Å². The fraction of sp³-hybridized carbons (Fsp3) is 0.565. The predicted molar refractivity (Wildman–Crippen MR) is 118 cm³/mol. The number of methoxy groups -OCH3 is 1. The van der Waals surface area contributed by atoms with Gasteiger partial charge in [-0.1, -0.05) is 13.8 Å². The Hall–Kier alpha value is -2.74. The number of nitrogens with zero attached hydrogens (tertiary/aromatic N) is 3. The van der Waals surface area contributed by atoms with E-state index in [9.17, 15) is 14.7 Å². The van der Waals surface area contributed by atoms with E-state index in [1.165, 1.54) is 0 Å². The third-order valence-electron chi connectivity index (χ3n) is 6.74. The van der Waals surface area contributed by atoms with Crippen LogP contribution >= 0.6 is 0 Å². The van der Waals surface area contributed by atoms with E-state index in [0.717, 1.165) is 34.3 Å². The van der Waals surface area contributed by atoms with E-state index in [4.69, 9.17) is 4.74 Å². The van der Waals surface area contributed by atoms with Gasteiger partial charge in [0.15, 0.2) is 0 Å². The number of fused-ring (bicyclic) bond motifs is 4. The van der Waals surface area contributed by atoms with Crippen LogP contribution in [0.25, 0.3) is 10.9 Å². The van der Waals surface area contributed by atoms with Crippen LogP contribution in [0.1, 0.15) is 44.0 Å². The van der Waals surface area contributed by atoms with Crippen LogP contribution < -0.4 is 10.1 Å². The molecule has 168 valence electrons. The normalized spacial score (nSPS) is 19.3. The van der Waals surface area contributed by atoms with Crippen molar-refractivity contribution in [2.75, 3.05) is 39.9 Å². The zero-order chi connectivity index (χ0) is 22.3. The minimum absolute atomic E-state index is 0.0146.